The van der Waals surface area contributed by atoms with Crippen molar-refractivity contribution in [3.8, 4) is 11.5 Å². The van der Waals surface area contributed by atoms with Gasteiger partial charge in [-0.05, 0) is 80.6 Å². The Morgan fingerprint density at radius 2 is 1.23 bits per heavy atom. The standard InChI is InChI=1S/C18H19N3O2.C9H11N3.C9H10O3/c1-3-23-16-9-7-13(8-10-16)18(22)21(2)12-15-6-4-5-14-11-19-20-17(14)15;1-10-5-7-3-2-4-8-6-11-12-9(7)8;1-2-12-8-5-3-7(4-6-8)9(10)11/h4-11H,3,12H2,1-2H3,(H,19,20);2-4,6,10H,5H2,1H3,(H,11,12);3-6H,2H2,1H3,(H,10,11). The minimum Gasteiger partial charge on any atom is -0.494 e. The van der Waals surface area contributed by atoms with E-state index in [9.17, 15) is 9.59 Å². The molecule has 6 rings (SSSR count). The number of carbonyl (C=O) groups is 2. The topological polar surface area (TPSA) is 145 Å². The number of carbonyl (C=O) groups excluding carboxylic acids is 1. The number of rotatable bonds is 10. The Balaban J connectivity index is 0.000000176. The van der Waals surface area contributed by atoms with Crippen LogP contribution in [0.15, 0.2) is 97.3 Å². The van der Waals surface area contributed by atoms with Gasteiger partial charge in [0.2, 0.25) is 0 Å². The van der Waals surface area contributed by atoms with Gasteiger partial charge in [-0.3, -0.25) is 15.0 Å². The maximum Gasteiger partial charge on any atom is 0.335 e. The van der Waals surface area contributed by atoms with Crippen LogP contribution in [0, 0.1) is 0 Å². The molecule has 0 atom stereocenters. The van der Waals surface area contributed by atoms with Crippen molar-refractivity contribution < 1.29 is 24.2 Å². The predicted molar refractivity (Wildman–Crippen MR) is 183 cm³/mol. The first-order valence-corrected chi connectivity index (χ1v) is 15.3. The van der Waals surface area contributed by atoms with Crippen LogP contribution in [0.1, 0.15) is 45.7 Å². The van der Waals surface area contributed by atoms with Gasteiger partial charge in [0.05, 0.1) is 42.2 Å². The summed E-state index contributed by atoms with van der Waals surface area (Å²) >= 11 is 0. The molecule has 6 aromatic rings. The number of carboxylic acid groups (broad SMARTS) is 1. The Morgan fingerprint density at radius 3 is 1.72 bits per heavy atom. The summed E-state index contributed by atoms with van der Waals surface area (Å²) in [6.45, 7) is 6.41. The lowest BCUT2D eigenvalue weighted by molar-refractivity contribution is 0.0696. The number of hydrogen-bond donors (Lipinski definition) is 4. The minimum atomic E-state index is -0.918. The molecule has 4 aromatic carbocycles. The number of nitrogens with one attached hydrogen (secondary N) is 3. The number of nitrogens with zero attached hydrogens (tertiary/aromatic N) is 3. The maximum atomic E-state index is 12.6. The van der Waals surface area contributed by atoms with Crippen LogP contribution in [-0.4, -0.2) is 69.6 Å². The third kappa shape index (κ3) is 9.41. The van der Waals surface area contributed by atoms with Crippen LogP contribution in [0.2, 0.25) is 0 Å². The summed E-state index contributed by atoms with van der Waals surface area (Å²) in [7, 11) is 3.74. The normalized spacial score (nSPS) is 10.4. The van der Waals surface area contributed by atoms with E-state index in [0.29, 0.717) is 31.1 Å². The Labute approximate surface area is 273 Å². The molecule has 0 aliphatic heterocycles. The zero-order chi connectivity index (χ0) is 33.6. The number of para-hydroxylation sites is 2. The molecule has 47 heavy (non-hydrogen) atoms. The van der Waals surface area contributed by atoms with Crippen LogP contribution in [0.3, 0.4) is 0 Å². The second-order valence-electron chi connectivity index (χ2n) is 10.4. The predicted octanol–water partition coefficient (Wildman–Crippen LogP) is 6.30. The fourth-order valence-electron chi connectivity index (χ4n) is 4.80. The molecule has 4 N–H and O–H groups in total. The second kappa shape index (κ2) is 17.1. The largest absolute Gasteiger partial charge is 0.494 e. The average Bonchev–Trinajstić information content (AvgIpc) is 3.77. The molecule has 0 radical (unpaired) electrons. The Kier molecular flexibility index (Phi) is 12.5. The van der Waals surface area contributed by atoms with Gasteiger partial charge in [-0.15, -0.1) is 0 Å². The van der Waals surface area contributed by atoms with E-state index >= 15 is 0 Å². The fourth-order valence-corrected chi connectivity index (χ4v) is 4.80. The van der Waals surface area contributed by atoms with Gasteiger partial charge in [-0.25, -0.2) is 4.79 Å². The summed E-state index contributed by atoms with van der Waals surface area (Å²) in [5, 5.41) is 27.9. The third-order valence-electron chi connectivity index (χ3n) is 7.07. The molecule has 1 amide bonds. The lowest BCUT2D eigenvalue weighted by atomic mass is 10.1. The van der Waals surface area contributed by atoms with Crippen LogP contribution in [0.5, 0.6) is 11.5 Å². The highest BCUT2D eigenvalue weighted by Crippen LogP contribution is 2.19. The van der Waals surface area contributed by atoms with E-state index in [1.165, 1.54) is 23.1 Å². The molecule has 2 heterocycles. The van der Waals surface area contributed by atoms with Crippen LogP contribution in [0.4, 0.5) is 0 Å². The average molecular weight is 637 g/mol. The SMILES string of the molecule is CCOc1ccc(C(=O)N(C)Cc2cccc3cn[nH]c23)cc1.CCOc1ccc(C(=O)O)cc1.CNCc1cccc2cn[nH]c12. The van der Waals surface area contributed by atoms with E-state index < -0.39 is 5.97 Å². The van der Waals surface area contributed by atoms with E-state index in [0.717, 1.165) is 34.3 Å². The molecule has 0 aliphatic carbocycles. The third-order valence-corrected chi connectivity index (χ3v) is 7.07. The van der Waals surface area contributed by atoms with E-state index in [4.69, 9.17) is 14.6 Å². The number of amides is 1. The van der Waals surface area contributed by atoms with Gasteiger partial charge in [0.1, 0.15) is 11.5 Å². The molecule has 0 aliphatic rings. The van der Waals surface area contributed by atoms with Gasteiger partial charge in [0.25, 0.3) is 5.91 Å². The number of aromatic amines is 2. The molecule has 2 aromatic heterocycles. The van der Waals surface area contributed by atoms with E-state index in [-0.39, 0.29) is 11.5 Å². The maximum absolute atomic E-state index is 12.6. The summed E-state index contributed by atoms with van der Waals surface area (Å²) < 4.78 is 10.5. The van der Waals surface area contributed by atoms with Crippen molar-refractivity contribution in [3.63, 3.8) is 0 Å². The lowest BCUT2D eigenvalue weighted by Gasteiger charge is -2.18. The number of H-pyrrole nitrogens is 2. The second-order valence-corrected chi connectivity index (χ2v) is 10.4. The number of aromatic carboxylic acids is 1. The Hall–Kier alpha value is -5.68. The molecular weight excluding hydrogens is 596 g/mol. The quantitative estimate of drug-likeness (QED) is 0.137. The van der Waals surface area contributed by atoms with Crippen molar-refractivity contribution in [2.75, 3.05) is 27.3 Å². The summed E-state index contributed by atoms with van der Waals surface area (Å²) in [6, 6.07) is 25.7. The number of carboxylic acids is 1. The number of benzene rings is 4. The van der Waals surface area contributed by atoms with Crippen molar-refractivity contribution in [2.24, 2.45) is 0 Å². The number of fused-ring (bicyclic) bond motifs is 2. The number of ether oxygens (including phenoxy) is 2. The molecule has 0 saturated carbocycles. The van der Waals surface area contributed by atoms with Gasteiger partial charge >= 0.3 is 5.97 Å². The molecule has 244 valence electrons. The molecular formula is C36H40N6O5. The first-order valence-electron chi connectivity index (χ1n) is 15.3. The number of aromatic nitrogens is 4. The van der Waals surface area contributed by atoms with Crippen LogP contribution >= 0.6 is 0 Å². The van der Waals surface area contributed by atoms with Crippen LogP contribution in [0.25, 0.3) is 21.8 Å². The van der Waals surface area contributed by atoms with Crippen molar-refractivity contribution in [1.29, 1.82) is 0 Å². The minimum absolute atomic E-state index is 0.0235. The molecule has 0 spiro atoms. The van der Waals surface area contributed by atoms with E-state index in [1.54, 1.807) is 42.4 Å². The highest BCUT2D eigenvalue weighted by molar-refractivity contribution is 5.94. The first-order chi connectivity index (χ1) is 22.8. The molecule has 0 saturated heterocycles. The van der Waals surface area contributed by atoms with E-state index in [1.807, 2.05) is 63.5 Å². The molecule has 11 nitrogen and oxygen atoms in total. The summed E-state index contributed by atoms with van der Waals surface area (Å²) in [6.07, 6.45) is 3.63. The van der Waals surface area contributed by atoms with Crippen molar-refractivity contribution >= 4 is 33.7 Å². The van der Waals surface area contributed by atoms with Crippen LogP contribution in [-0.2, 0) is 13.1 Å². The molecule has 11 heteroatoms. The van der Waals surface area contributed by atoms with Gasteiger partial charge in [-0.2, -0.15) is 10.2 Å². The zero-order valence-corrected chi connectivity index (χ0v) is 27.0. The van der Waals surface area contributed by atoms with Gasteiger partial charge < -0.3 is 24.8 Å². The van der Waals surface area contributed by atoms with Gasteiger partial charge in [0.15, 0.2) is 0 Å². The van der Waals surface area contributed by atoms with Gasteiger partial charge in [-0.1, -0.05) is 36.4 Å². The smallest absolute Gasteiger partial charge is 0.335 e. The monoisotopic (exact) mass is 636 g/mol. The molecule has 0 unspecified atom stereocenters. The summed E-state index contributed by atoms with van der Waals surface area (Å²) in [5.41, 5.74) is 5.33. The highest BCUT2D eigenvalue weighted by atomic mass is 16.5. The van der Waals surface area contributed by atoms with Crippen LogP contribution < -0.4 is 14.8 Å². The molecule has 0 fully saturated rings. The Morgan fingerprint density at radius 1 is 0.745 bits per heavy atom. The zero-order valence-electron chi connectivity index (χ0n) is 27.0. The highest BCUT2D eigenvalue weighted by Gasteiger charge is 2.14. The van der Waals surface area contributed by atoms with Crippen molar-refractivity contribution in [3.05, 3.63) is 120 Å². The summed E-state index contributed by atoms with van der Waals surface area (Å²) in [4.78, 5) is 24.7. The van der Waals surface area contributed by atoms with Crippen molar-refractivity contribution in [1.82, 2.24) is 30.6 Å². The van der Waals surface area contributed by atoms with Crippen molar-refractivity contribution in [2.45, 2.75) is 26.9 Å². The molecule has 0 bridgehead atoms. The number of hydrogen-bond acceptors (Lipinski definition) is 7. The van der Waals surface area contributed by atoms with E-state index in [2.05, 4.69) is 37.8 Å². The summed E-state index contributed by atoms with van der Waals surface area (Å²) in [5.74, 6) is 0.527. The Bertz CT molecular complexity index is 1870. The fraction of sp³-hybridized carbons (Fsp3) is 0.222. The first kappa shape index (κ1) is 34.2. The lowest BCUT2D eigenvalue weighted by Crippen LogP contribution is -2.26. The van der Waals surface area contributed by atoms with Gasteiger partial charge in [0, 0.05) is 36.5 Å².